The van der Waals surface area contributed by atoms with E-state index in [0.29, 0.717) is 11.4 Å². The highest BCUT2D eigenvalue weighted by Gasteiger charge is 2.37. The van der Waals surface area contributed by atoms with Crippen molar-refractivity contribution in [3.05, 3.63) is 81.5 Å². The average Bonchev–Trinajstić information content (AvgIpc) is 2.69. The van der Waals surface area contributed by atoms with Gasteiger partial charge in [0.1, 0.15) is 20.8 Å². The Balaban J connectivity index is 2.10. The molecule has 0 fully saturated rings. The SMILES string of the molecule is O=C1C(Cl)=C(Cl)C(=O)C(N(C(=S)Nc2ccccc2)c2ccccc2)=C1Cl. The second-order valence-electron chi connectivity index (χ2n) is 5.42. The molecule has 0 saturated carbocycles. The maximum atomic E-state index is 12.8. The van der Waals surface area contributed by atoms with Crippen LogP contribution in [0.15, 0.2) is 81.5 Å². The first kappa shape index (κ1) is 19.6. The second kappa shape index (κ2) is 8.23. The Hall–Kier alpha value is -2.18. The van der Waals surface area contributed by atoms with Crippen LogP contribution in [0.2, 0.25) is 0 Å². The Morgan fingerprint density at radius 3 is 1.89 bits per heavy atom. The number of carbonyl (C=O) groups excluding carboxylic acids is 2. The summed E-state index contributed by atoms with van der Waals surface area (Å²) >= 11 is 23.5. The van der Waals surface area contributed by atoms with Gasteiger partial charge in [-0.3, -0.25) is 14.5 Å². The third-order valence-electron chi connectivity index (χ3n) is 3.68. The van der Waals surface area contributed by atoms with Crippen LogP contribution in [-0.2, 0) is 9.59 Å². The number of hydrogen-bond donors (Lipinski definition) is 1. The summed E-state index contributed by atoms with van der Waals surface area (Å²) in [7, 11) is 0. The minimum absolute atomic E-state index is 0.143. The monoisotopic (exact) mass is 436 g/mol. The molecule has 0 spiro atoms. The molecule has 1 N–H and O–H groups in total. The Labute approximate surface area is 176 Å². The smallest absolute Gasteiger partial charge is 0.224 e. The topological polar surface area (TPSA) is 49.4 Å². The summed E-state index contributed by atoms with van der Waals surface area (Å²) in [5.41, 5.74) is 1.08. The summed E-state index contributed by atoms with van der Waals surface area (Å²) in [5, 5.41) is 2.01. The lowest BCUT2D eigenvalue weighted by atomic mass is 10.1. The molecule has 0 saturated heterocycles. The lowest BCUT2D eigenvalue weighted by Gasteiger charge is -2.29. The van der Waals surface area contributed by atoms with E-state index in [1.165, 1.54) is 4.90 Å². The molecule has 0 atom stereocenters. The van der Waals surface area contributed by atoms with Crippen LogP contribution < -0.4 is 10.2 Å². The van der Waals surface area contributed by atoms with Crippen LogP contribution in [0.4, 0.5) is 11.4 Å². The zero-order valence-corrected chi connectivity index (χ0v) is 16.7. The van der Waals surface area contributed by atoms with Crippen molar-refractivity contribution in [2.24, 2.45) is 0 Å². The van der Waals surface area contributed by atoms with Crippen LogP contribution in [0.1, 0.15) is 0 Å². The molecule has 0 aliphatic heterocycles. The van der Waals surface area contributed by atoms with Gasteiger partial charge >= 0.3 is 0 Å². The minimum Gasteiger partial charge on any atom is -0.332 e. The Morgan fingerprint density at radius 1 is 0.778 bits per heavy atom. The number of benzene rings is 2. The van der Waals surface area contributed by atoms with Crippen LogP contribution in [0.25, 0.3) is 0 Å². The number of allylic oxidation sites excluding steroid dienone is 3. The molecule has 0 radical (unpaired) electrons. The summed E-state index contributed by atoms with van der Waals surface area (Å²) in [6.45, 7) is 0. The van der Waals surface area contributed by atoms with Crippen molar-refractivity contribution < 1.29 is 9.59 Å². The molecule has 1 aliphatic rings. The fraction of sp³-hybridized carbons (Fsp3) is 0. The molecule has 0 heterocycles. The first-order chi connectivity index (χ1) is 12.9. The largest absolute Gasteiger partial charge is 0.332 e. The molecule has 1 aliphatic carbocycles. The van der Waals surface area contributed by atoms with Crippen LogP contribution in [-0.4, -0.2) is 16.7 Å². The van der Waals surface area contributed by atoms with Gasteiger partial charge in [-0.1, -0.05) is 71.2 Å². The second-order valence-corrected chi connectivity index (χ2v) is 6.94. The quantitative estimate of drug-likeness (QED) is 0.529. The molecule has 4 nitrogen and oxygen atoms in total. The van der Waals surface area contributed by atoms with Gasteiger partial charge in [0.2, 0.25) is 11.6 Å². The summed E-state index contributed by atoms with van der Waals surface area (Å²) in [6, 6.07) is 17.9. The van der Waals surface area contributed by atoms with E-state index in [2.05, 4.69) is 5.32 Å². The number of thiocarbonyl (C=S) groups is 1. The molecule has 0 bridgehead atoms. The van der Waals surface area contributed by atoms with E-state index >= 15 is 0 Å². The average molecular weight is 438 g/mol. The van der Waals surface area contributed by atoms with Crippen molar-refractivity contribution >= 4 is 75.1 Å². The molecule has 27 heavy (non-hydrogen) atoms. The van der Waals surface area contributed by atoms with E-state index in [-0.39, 0.29) is 15.8 Å². The van der Waals surface area contributed by atoms with E-state index in [1.807, 2.05) is 36.4 Å². The lowest BCUT2D eigenvalue weighted by Crippen LogP contribution is -2.39. The van der Waals surface area contributed by atoms with Gasteiger partial charge in [0.05, 0.1) is 0 Å². The molecule has 0 amide bonds. The Kier molecular flexibility index (Phi) is 5.97. The zero-order chi connectivity index (χ0) is 19.6. The van der Waals surface area contributed by atoms with Crippen molar-refractivity contribution in [3.63, 3.8) is 0 Å². The standard InChI is InChI=1S/C19H11Cl3N2O2S/c20-13-14(21)18(26)16(15(22)17(13)25)24(12-9-5-2-6-10-12)19(27)23-11-7-3-1-4-8-11/h1-10H,(H,23,27). The van der Waals surface area contributed by atoms with Crippen molar-refractivity contribution in [2.45, 2.75) is 0 Å². The molecule has 0 unspecified atom stereocenters. The van der Waals surface area contributed by atoms with Crippen molar-refractivity contribution in [2.75, 3.05) is 10.2 Å². The highest BCUT2D eigenvalue weighted by Crippen LogP contribution is 2.35. The fourth-order valence-electron chi connectivity index (χ4n) is 2.43. The molecular formula is C19H11Cl3N2O2S. The number of halogens is 3. The predicted molar refractivity (Wildman–Crippen MR) is 113 cm³/mol. The third kappa shape index (κ3) is 3.92. The number of nitrogens with one attached hydrogen (secondary N) is 1. The van der Waals surface area contributed by atoms with Crippen LogP contribution in [0.5, 0.6) is 0 Å². The predicted octanol–water partition coefficient (Wildman–Crippen LogP) is 5.18. The molecule has 2 aromatic rings. The first-order valence-corrected chi connectivity index (χ1v) is 9.21. The first-order valence-electron chi connectivity index (χ1n) is 7.67. The van der Waals surface area contributed by atoms with Crippen molar-refractivity contribution in [3.8, 4) is 0 Å². The summed E-state index contributed by atoms with van der Waals surface area (Å²) in [4.78, 5) is 26.4. The number of nitrogens with zero attached hydrogens (tertiary/aromatic N) is 1. The number of carbonyl (C=O) groups is 2. The van der Waals surface area contributed by atoms with E-state index in [4.69, 9.17) is 47.0 Å². The van der Waals surface area contributed by atoms with Crippen molar-refractivity contribution in [1.82, 2.24) is 0 Å². The van der Waals surface area contributed by atoms with Gasteiger partial charge < -0.3 is 5.32 Å². The van der Waals surface area contributed by atoms with Gasteiger partial charge in [0.15, 0.2) is 5.11 Å². The van der Waals surface area contributed by atoms with Gasteiger partial charge in [0, 0.05) is 11.4 Å². The number of hydrogen-bond acceptors (Lipinski definition) is 3. The highest BCUT2D eigenvalue weighted by atomic mass is 35.5. The van der Waals surface area contributed by atoms with Gasteiger partial charge in [0.25, 0.3) is 0 Å². The fourth-order valence-corrected chi connectivity index (χ4v) is 3.42. The van der Waals surface area contributed by atoms with Gasteiger partial charge in [-0.2, -0.15) is 0 Å². The minimum atomic E-state index is -0.735. The summed E-state index contributed by atoms with van der Waals surface area (Å²) < 4.78 is 0. The van der Waals surface area contributed by atoms with Gasteiger partial charge in [-0.25, -0.2) is 0 Å². The maximum Gasteiger partial charge on any atom is 0.224 e. The van der Waals surface area contributed by atoms with E-state index in [0.717, 1.165) is 0 Å². The number of anilines is 2. The lowest BCUT2D eigenvalue weighted by molar-refractivity contribution is -0.115. The van der Waals surface area contributed by atoms with Gasteiger partial charge in [-0.15, -0.1) is 0 Å². The number of para-hydroxylation sites is 2. The molecule has 0 aromatic heterocycles. The van der Waals surface area contributed by atoms with Crippen molar-refractivity contribution in [1.29, 1.82) is 0 Å². The van der Waals surface area contributed by atoms with E-state index in [1.54, 1.807) is 24.3 Å². The van der Waals surface area contributed by atoms with E-state index < -0.39 is 21.6 Å². The highest BCUT2D eigenvalue weighted by molar-refractivity contribution is 7.80. The van der Waals surface area contributed by atoms with Crippen LogP contribution in [0.3, 0.4) is 0 Å². The zero-order valence-electron chi connectivity index (χ0n) is 13.6. The maximum absolute atomic E-state index is 12.8. The van der Waals surface area contributed by atoms with E-state index in [9.17, 15) is 9.59 Å². The molecule has 3 rings (SSSR count). The number of Topliss-reactive ketones (excluding diaryl/α,β-unsaturated/α-hetero) is 2. The third-order valence-corrected chi connectivity index (χ3v) is 5.13. The molecule has 2 aromatic carbocycles. The van der Waals surface area contributed by atoms with Gasteiger partial charge in [-0.05, 0) is 36.5 Å². The Morgan fingerprint density at radius 2 is 1.30 bits per heavy atom. The van der Waals surface area contributed by atoms with Crippen LogP contribution in [0, 0.1) is 0 Å². The normalized spacial score (nSPS) is 14.5. The number of ketones is 2. The Bertz CT molecular complexity index is 989. The molecule has 136 valence electrons. The molecular weight excluding hydrogens is 427 g/mol. The number of rotatable bonds is 3. The molecule has 8 heteroatoms. The summed E-state index contributed by atoms with van der Waals surface area (Å²) in [5.74, 6) is -1.42. The van der Waals surface area contributed by atoms with Crippen LogP contribution >= 0.6 is 47.0 Å². The summed E-state index contributed by atoms with van der Waals surface area (Å²) in [6.07, 6.45) is 0.